The summed E-state index contributed by atoms with van der Waals surface area (Å²) >= 11 is 1.53. The largest absolute Gasteiger partial charge is 0.393 e. The number of halogens is 2. The van der Waals surface area contributed by atoms with Crippen LogP contribution in [0.1, 0.15) is 36.8 Å². The fraction of sp³-hybridized carbons (Fsp3) is 0.381. The molecule has 144 valence electrons. The minimum Gasteiger partial charge on any atom is -0.393 e. The minimum absolute atomic E-state index is 0.0414. The topological polar surface area (TPSA) is 30.8 Å². The maximum atomic E-state index is 14.1. The van der Waals surface area contributed by atoms with Crippen molar-refractivity contribution in [3.8, 4) is 0 Å². The Morgan fingerprint density at radius 1 is 1.15 bits per heavy atom. The highest BCUT2D eigenvalue weighted by Crippen LogP contribution is 2.34. The van der Waals surface area contributed by atoms with Gasteiger partial charge in [-0.1, -0.05) is 29.1 Å². The predicted molar refractivity (Wildman–Crippen MR) is 104 cm³/mol. The molecule has 0 radical (unpaired) electrons. The summed E-state index contributed by atoms with van der Waals surface area (Å²) in [4.78, 5) is 6.77. The van der Waals surface area contributed by atoms with Crippen LogP contribution in [-0.2, 0) is 9.57 Å². The Labute approximate surface area is 162 Å². The van der Waals surface area contributed by atoms with Crippen molar-refractivity contribution in [1.29, 1.82) is 0 Å². The first-order valence-electron chi connectivity index (χ1n) is 9.05. The quantitative estimate of drug-likeness (QED) is 0.351. The minimum atomic E-state index is -0.560. The van der Waals surface area contributed by atoms with Gasteiger partial charge in [-0.05, 0) is 67.1 Å². The molecule has 1 aliphatic heterocycles. The highest BCUT2D eigenvalue weighted by Gasteiger charge is 2.17. The molecule has 0 saturated carbocycles. The van der Waals surface area contributed by atoms with E-state index in [4.69, 9.17) is 9.57 Å². The molecule has 1 heterocycles. The maximum absolute atomic E-state index is 14.1. The fourth-order valence-electron chi connectivity index (χ4n) is 3.04. The first-order valence-corrected chi connectivity index (χ1v) is 9.86. The summed E-state index contributed by atoms with van der Waals surface area (Å²) in [6.07, 6.45) is 1.87. The molecule has 3 nitrogen and oxygen atoms in total. The van der Waals surface area contributed by atoms with Crippen LogP contribution in [0.3, 0.4) is 0 Å². The van der Waals surface area contributed by atoms with Gasteiger partial charge in [-0.3, -0.25) is 0 Å². The van der Waals surface area contributed by atoms with Gasteiger partial charge in [0, 0.05) is 23.0 Å². The van der Waals surface area contributed by atoms with Crippen molar-refractivity contribution < 1.29 is 18.4 Å². The van der Waals surface area contributed by atoms with E-state index in [1.54, 1.807) is 12.1 Å². The molecule has 0 N–H and O–H groups in total. The number of benzene rings is 2. The van der Waals surface area contributed by atoms with Gasteiger partial charge in [0.2, 0.25) is 0 Å². The molecule has 1 saturated heterocycles. The Bertz CT molecular complexity index is 774. The number of hydrogen-bond donors (Lipinski definition) is 0. The molecule has 0 aromatic heterocycles. The van der Waals surface area contributed by atoms with Gasteiger partial charge in [0.1, 0.15) is 19.1 Å². The third-order valence-electron chi connectivity index (χ3n) is 4.46. The van der Waals surface area contributed by atoms with E-state index in [1.807, 2.05) is 31.2 Å². The zero-order valence-electron chi connectivity index (χ0n) is 15.3. The first-order chi connectivity index (χ1) is 13.2. The average Bonchev–Trinajstić information content (AvgIpc) is 2.69. The SMILES string of the molecule is C/C(=N\OCCF)c1ccc(Sc2cc(F)cc(C3CCOCC3)c2)cc1. The molecule has 0 atom stereocenters. The van der Waals surface area contributed by atoms with Gasteiger partial charge >= 0.3 is 0 Å². The molecule has 3 rings (SSSR count). The van der Waals surface area contributed by atoms with E-state index in [0.29, 0.717) is 11.6 Å². The van der Waals surface area contributed by atoms with Crippen LogP contribution in [-0.4, -0.2) is 32.2 Å². The molecular weight excluding hydrogens is 368 g/mol. The lowest BCUT2D eigenvalue weighted by molar-refractivity contribution is 0.0852. The summed E-state index contributed by atoms with van der Waals surface area (Å²) in [5.41, 5.74) is 2.64. The number of nitrogens with zero attached hydrogens (tertiary/aromatic N) is 1. The summed E-state index contributed by atoms with van der Waals surface area (Å²) in [5.74, 6) is 0.158. The summed E-state index contributed by atoms with van der Waals surface area (Å²) in [5, 5.41) is 3.88. The second-order valence-corrected chi connectivity index (χ2v) is 7.58. The molecule has 0 amide bonds. The number of oxime groups is 1. The van der Waals surface area contributed by atoms with Crippen LogP contribution >= 0.6 is 11.8 Å². The van der Waals surface area contributed by atoms with Crippen molar-refractivity contribution in [1.82, 2.24) is 0 Å². The molecule has 0 unspecified atom stereocenters. The second-order valence-electron chi connectivity index (χ2n) is 6.43. The maximum Gasteiger partial charge on any atom is 0.145 e. The number of alkyl halides is 1. The van der Waals surface area contributed by atoms with Gasteiger partial charge < -0.3 is 9.57 Å². The van der Waals surface area contributed by atoms with Crippen LogP contribution in [0.2, 0.25) is 0 Å². The van der Waals surface area contributed by atoms with E-state index >= 15 is 0 Å². The second kappa shape index (κ2) is 9.85. The van der Waals surface area contributed by atoms with Gasteiger partial charge in [0.15, 0.2) is 0 Å². The van der Waals surface area contributed by atoms with Crippen LogP contribution in [0.5, 0.6) is 0 Å². The van der Waals surface area contributed by atoms with Gasteiger partial charge in [-0.25, -0.2) is 8.78 Å². The highest BCUT2D eigenvalue weighted by atomic mass is 32.2. The van der Waals surface area contributed by atoms with Gasteiger partial charge in [0.05, 0.1) is 5.71 Å². The fourth-order valence-corrected chi connectivity index (χ4v) is 3.95. The average molecular weight is 391 g/mol. The lowest BCUT2D eigenvalue weighted by Crippen LogP contribution is -2.14. The van der Waals surface area contributed by atoms with E-state index in [2.05, 4.69) is 11.2 Å². The third-order valence-corrected chi connectivity index (χ3v) is 5.44. The summed E-state index contributed by atoms with van der Waals surface area (Å²) in [7, 11) is 0. The molecule has 2 aromatic carbocycles. The molecule has 0 aliphatic carbocycles. The van der Waals surface area contributed by atoms with Crippen molar-refractivity contribution in [2.45, 2.75) is 35.5 Å². The van der Waals surface area contributed by atoms with Crippen LogP contribution in [0.25, 0.3) is 0 Å². The van der Waals surface area contributed by atoms with Crippen molar-refractivity contribution in [3.05, 3.63) is 59.4 Å². The molecule has 6 heteroatoms. The molecule has 0 spiro atoms. The van der Waals surface area contributed by atoms with E-state index in [9.17, 15) is 8.78 Å². The zero-order chi connectivity index (χ0) is 19.1. The van der Waals surface area contributed by atoms with Crippen molar-refractivity contribution in [2.24, 2.45) is 5.16 Å². The lowest BCUT2D eigenvalue weighted by Gasteiger charge is -2.22. The Morgan fingerprint density at radius 2 is 1.89 bits per heavy atom. The standard InChI is InChI=1S/C21H23F2NO2S/c1-15(24-26-11-8-22)16-2-4-20(5-3-16)27-21-13-18(12-19(23)14-21)17-6-9-25-10-7-17/h2-5,12-14,17H,6-11H2,1H3/b24-15+. The molecule has 2 aromatic rings. The molecule has 1 aliphatic rings. The van der Waals surface area contributed by atoms with Crippen LogP contribution in [0, 0.1) is 5.82 Å². The van der Waals surface area contributed by atoms with Gasteiger partial charge in [-0.15, -0.1) is 0 Å². The summed E-state index contributed by atoms with van der Waals surface area (Å²) in [6.45, 7) is 2.69. The third kappa shape index (κ3) is 5.78. The van der Waals surface area contributed by atoms with Gasteiger partial charge in [-0.2, -0.15) is 0 Å². The highest BCUT2D eigenvalue weighted by molar-refractivity contribution is 7.99. The predicted octanol–water partition coefficient (Wildman–Crippen LogP) is 5.58. The summed E-state index contributed by atoms with van der Waals surface area (Å²) < 4.78 is 31.6. The Kier molecular flexibility index (Phi) is 7.24. The number of ether oxygens (including phenoxy) is 1. The van der Waals surface area contributed by atoms with Crippen LogP contribution < -0.4 is 0 Å². The normalized spacial score (nSPS) is 15.7. The van der Waals surface area contributed by atoms with Crippen LogP contribution in [0.4, 0.5) is 8.78 Å². The number of hydrogen-bond acceptors (Lipinski definition) is 4. The van der Waals surface area contributed by atoms with Crippen LogP contribution in [0.15, 0.2) is 57.4 Å². The van der Waals surface area contributed by atoms with E-state index in [1.165, 1.54) is 11.8 Å². The molecular formula is C21H23F2NO2S. The van der Waals surface area contributed by atoms with Crippen molar-refractivity contribution in [2.75, 3.05) is 26.5 Å². The molecule has 0 bridgehead atoms. The zero-order valence-corrected chi connectivity index (χ0v) is 16.1. The Morgan fingerprint density at radius 3 is 2.59 bits per heavy atom. The Balaban J connectivity index is 1.69. The monoisotopic (exact) mass is 391 g/mol. The number of rotatable bonds is 7. The van der Waals surface area contributed by atoms with Crippen molar-refractivity contribution in [3.63, 3.8) is 0 Å². The first kappa shape index (κ1) is 19.8. The molecule has 1 fully saturated rings. The van der Waals surface area contributed by atoms with E-state index < -0.39 is 6.67 Å². The smallest absolute Gasteiger partial charge is 0.145 e. The van der Waals surface area contributed by atoms with E-state index in [-0.39, 0.29) is 12.4 Å². The van der Waals surface area contributed by atoms with E-state index in [0.717, 1.165) is 47.0 Å². The van der Waals surface area contributed by atoms with Gasteiger partial charge in [0.25, 0.3) is 0 Å². The van der Waals surface area contributed by atoms with Crippen molar-refractivity contribution >= 4 is 17.5 Å². The lowest BCUT2D eigenvalue weighted by atomic mass is 9.92. The summed E-state index contributed by atoms with van der Waals surface area (Å²) in [6, 6.07) is 13.1. The molecule has 27 heavy (non-hydrogen) atoms. The Hall–Kier alpha value is -1.92.